The van der Waals surface area contributed by atoms with Gasteiger partial charge >= 0.3 is 0 Å². The Hall–Kier alpha value is -0.0400. The first-order valence-corrected chi connectivity index (χ1v) is 4.94. The van der Waals surface area contributed by atoms with Crippen LogP contribution in [0.2, 0.25) is 0 Å². The monoisotopic (exact) mass is 153 g/mol. The minimum atomic E-state index is 0.664. The fourth-order valence-corrected chi connectivity index (χ4v) is 2.73. The summed E-state index contributed by atoms with van der Waals surface area (Å²) in [5.74, 6) is 0.978. The van der Waals surface area contributed by atoms with Gasteiger partial charge in [0, 0.05) is 5.54 Å². The molecule has 2 fully saturated rings. The van der Waals surface area contributed by atoms with Crippen LogP contribution in [0.15, 0.2) is 0 Å². The topological polar surface area (TPSA) is 3.24 Å². The molecule has 0 radical (unpaired) electrons. The first-order chi connectivity index (χ1) is 5.23. The Bertz CT molecular complexity index is 149. The first kappa shape index (κ1) is 7.60. The summed E-state index contributed by atoms with van der Waals surface area (Å²) in [4.78, 5) is 2.61. The molecule has 11 heavy (non-hydrogen) atoms. The van der Waals surface area contributed by atoms with Gasteiger partial charge in [0.15, 0.2) is 0 Å². The molecule has 1 unspecified atom stereocenters. The van der Waals surface area contributed by atoms with Gasteiger partial charge in [0.05, 0.1) is 0 Å². The molecule has 1 heterocycles. The van der Waals surface area contributed by atoms with Crippen LogP contribution in [0, 0.1) is 5.92 Å². The van der Waals surface area contributed by atoms with Crippen LogP contribution in [0.1, 0.15) is 39.0 Å². The van der Waals surface area contributed by atoms with E-state index >= 15 is 0 Å². The highest BCUT2D eigenvalue weighted by molar-refractivity contribution is 5.00. The molecule has 64 valence electrons. The zero-order valence-corrected chi connectivity index (χ0v) is 7.77. The second kappa shape index (κ2) is 2.48. The average Bonchev–Trinajstić information content (AvgIpc) is 1.91. The molecule has 0 N–H and O–H groups in total. The second-order valence-electron chi connectivity index (χ2n) is 4.60. The number of rotatable bonds is 0. The zero-order valence-electron chi connectivity index (χ0n) is 7.77. The third-order valence-corrected chi connectivity index (χ3v) is 3.78. The lowest BCUT2D eigenvalue weighted by atomic mass is 9.68. The molecule has 1 saturated heterocycles. The summed E-state index contributed by atoms with van der Waals surface area (Å²) in [6.45, 7) is 3.74. The van der Waals surface area contributed by atoms with Gasteiger partial charge in [0.1, 0.15) is 0 Å². The van der Waals surface area contributed by atoms with Crippen LogP contribution in [-0.2, 0) is 0 Å². The summed E-state index contributed by atoms with van der Waals surface area (Å²) < 4.78 is 0. The van der Waals surface area contributed by atoms with Crippen molar-refractivity contribution in [3.8, 4) is 0 Å². The van der Waals surface area contributed by atoms with E-state index in [4.69, 9.17) is 0 Å². The predicted molar refractivity (Wildman–Crippen MR) is 47.6 cm³/mol. The van der Waals surface area contributed by atoms with Crippen LogP contribution < -0.4 is 0 Å². The molecule has 1 spiro atoms. The molecule has 2 aliphatic rings. The van der Waals surface area contributed by atoms with Gasteiger partial charge in [-0.1, -0.05) is 6.92 Å². The summed E-state index contributed by atoms with van der Waals surface area (Å²) in [6.07, 6.45) is 7.28. The van der Waals surface area contributed by atoms with E-state index in [0.29, 0.717) is 5.54 Å². The largest absolute Gasteiger partial charge is 0.301 e. The van der Waals surface area contributed by atoms with E-state index in [2.05, 4.69) is 18.9 Å². The van der Waals surface area contributed by atoms with Crippen molar-refractivity contribution >= 4 is 0 Å². The van der Waals surface area contributed by atoms with Crippen LogP contribution in [0.25, 0.3) is 0 Å². The van der Waals surface area contributed by atoms with Crippen molar-refractivity contribution in [1.29, 1.82) is 0 Å². The highest BCUT2D eigenvalue weighted by atomic mass is 15.2. The lowest BCUT2D eigenvalue weighted by Crippen LogP contribution is -2.55. The normalized spacial score (nSPS) is 37.1. The van der Waals surface area contributed by atoms with E-state index in [1.807, 2.05) is 0 Å². The van der Waals surface area contributed by atoms with Crippen molar-refractivity contribution < 1.29 is 0 Å². The first-order valence-electron chi connectivity index (χ1n) is 4.94. The van der Waals surface area contributed by atoms with E-state index < -0.39 is 0 Å². The Morgan fingerprint density at radius 3 is 2.55 bits per heavy atom. The van der Waals surface area contributed by atoms with Gasteiger partial charge in [-0.25, -0.2) is 0 Å². The van der Waals surface area contributed by atoms with Crippen LogP contribution in [0.4, 0.5) is 0 Å². The molecule has 2 rings (SSSR count). The minimum Gasteiger partial charge on any atom is -0.301 e. The quantitative estimate of drug-likeness (QED) is 0.516. The highest BCUT2D eigenvalue weighted by Gasteiger charge is 2.43. The van der Waals surface area contributed by atoms with Crippen molar-refractivity contribution in [2.45, 2.75) is 44.6 Å². The minimum absolute atomic E-state index is 0.664. The molecule has 1 aliphatic carbocycles. The molecule has 1 heteroatoms. The van der Waals surface area contributed by atoms with Gasteiger partial charge in [0.25, 0.3) is 0 Å². The Kier molecular flexibility index (Phi) is 1.71. The van der Waals surface area contributed by atoms with Crippen LogP contribution >= 0.6 is 0 Å². The number of nitrogens with zero attached hydrogens (tertiary/aromatic N) is 1. The van der Waals surface area contributed by atoms with E-state index in [1.54, 1.807) is 0 Å². The van der Waals surface area contributed by atoms with Gasteiger partial charge in [-0.3, -0.25) is 0 Å². The van der Waals surface area contributed by atoms with Gasteiger partial charge in [-0.05, 0) is 51.6 Å². The highest BCUT2D eigenvalue weighted by Crippen LogP contribution is 2.44. The van der Waals surface area contributed by atoms with Crippen LogP contribution in [0.5, 0.6) is 0 Å². The molecule has 1 aliphatic heterocycles. The molecule has 0 aromatic carbocycles. The number of piperidine rings is 1. The number of hydrogen-bond donors (Lipinski definition) is 0. The van der Waals surface area contributed by atoms with Crippen molar-refractivity contribution in [2.75, 3.05) is 13.6 Å². The van der Waals surface area contributed by atoms with Crippen molar-refractivity contribution in [3.05, 3.63) is 0 Å². The van der Waals surface area contributed by atoms with E-state index in [-0.39, 0.29) is 0 Å². The summed E-state index contributed by atoms with van der Waals surface area (Å²) >= 11 is 0. The van der Waals surface area contributed by atoms with E-state index in [1.165, 1.54) is 38.6 Å². The Balaban J connectivity index is 2.04. The van der Waals surface area contributed by atoms with Gasteiger partial charge in [-0.2, -0.15) is 0 Å². The summed E-state index contributed by atoms with van der Waals surface area (Å²) in [7, 11) is 2.31. The fourth-order valence-electron chi connectivity index (χ4n) is 2.73. The lowest BCUT2D eigenvalue weighted by molar-refractivity contribution is -0.0156. The summed E-state index contributed by atoms with van der Waals surface area (Å²) in [5.41, 5.74) is 0.664. The van der Waals surface area contributed by atoms with Gasteiger partial charge in [0.2, 0.25) is 0 Å². The fraction of sp³-hybridized carbons (Fsp3) is 1.00. The second-order valence-corrected chi connectivity index (χ2v) is 4.60. The van der Waals surface area contributed by atoms with E-state index in [9.17, 15) is 0 Å². The van der Waals surface area contributed by atoms with Crippen molar-refractivity contribution in [3.63, 3.8) is 0 Å². The van der Waals surface area contributed by atoms with Crippen molar-refractivity contribution in [2.24, 2.45) is 5.92 Å². The maximum absolute atomic E-state index is 2.61. The average molecular weight is 153 g/mol. The molecule has 0 aromatic rings. The zero-order chi connectivity index (χ0) is 7.90. The SMILES string of the molecule is CC1CCN(C)C2(CCC2)C1. The molecule has 1 saturated carbocycles. The molecule has 1 nitrogen and oxygen atoms in total. The molecule has 1 atom stereocenters. The number of hydrogen-bond acceptors (Lipinski definition) is 1. The lowest BCUT2D eigenvalue weighted by Gasteiger charge is -2.53. The summed E-state index contributed by atoms with van der Waals surface area (Å²) in [5, 5.41) is 0. The van der Waals surface area contributed by atoms with Crippen molar-refractivity contribution in [1.82, 2.24) is 4.90 Å². The Morgan fingerprint density at radius 1 is 1.36 bits per heavy atom. The summed E-state index contributed by atoms with van der Waals surface area (Å²) in [6, 6.07) is 0. The van der Waals surface area contributed by atoms with Gasteiger partial charge < -0.3 is 4.90 Å². The molecular formula is C10H19N. The third kappa shape index (κ3) is 1.10. The molecule has 0 aromatic heterocycles. The molecular weight excluding hydrogens is 134 g/mol. The maximum atomic E-state index is 2.61. The smallest absolute Gasteiger partial charge is 0.0209 e. The predicted octanol–water partition coefficient (Wildman–Crippen LogP) is 2.27. The van der Waals surface area contributed by atoms with Crippen LogP contribution in [0.3, 0.4) is 0 Å². The Labute approximate surface area is 69.8 Å². The third-order valence-electron chi connectivity index (χ3n) is 3.78. The molecule has 0 bridgehead atoms. The standard InChI is InChI=1S/C10H19N/c1-9-4-7-11(2)10(8-9)5-3-6-10/h9H,3-8H2,1-2H3. The van der Waals surface area contributed by atoms with E-state index in [0.717, 1.165) is 5.92 Å². The maximum Gasteiger partial charge on any atom is 0.0209 e. The molecule has 0 amide bonds. The Morgan fingerprint density at radius 2 is 2.09 bits per heavy atom. The van der Waals surface area contributed by atoms with Gasteiger partial charge in [-0.15, -0.1) is 0 Å². The van der Waals surface area contributed by atoms with Crippen LogP contribution in [-0.4, -0.2) is 24.0 Å². The number of likely N-dealkylation sites (tertiary alicyclic amines) is 1.